The highest BCUT2D eigenvalue weighted by atomic mass is 35.5. The van der Waals surface area contributed by atoms with Gasteiger partial charge in [-0.2, -0.15) is 4.31 Å². The van der Waals surface area contributed by atoms with Crippen LogP contribution in [0.2, 0.25) is 5.02 Å². The molecule has 24 heavy (non-hydrogen) atoms. The van der Waals surface area contributed by atoms with Gasteiger partial charge in [-0.3, -0.25) is 0 Å². The van der Waals surface area contributed by atoms with Crippen LogP contribution in [-0.4, -0.2) is 31.9 Å². The van der Waals surface area contributed by atoms with Gasteiger partial charge in [0.25, 0.3) is 0 Å². The average Bonchev–Trinajstić information content (AvgIpc) is 2.58. The van der Waals surface area contributed by atoms with Crippen molar-refractivity contribution in [3.8, 4) is 0 Å². The fourth-order valence-corrected chi connectivity index (χ4v) is 4.45. The number of hydrogen-bond acceptors (Lipinski definition) is 3. The van der Waals surface area contributed by atoms with Crippen LogP contribution in [0.5, 0.6) is 0 Å². The van der Waals surface area contributed by atoms with Crippen molar-refractivity contribution in [1.82, 2.24) is 4.31 Å². The van der Waals surface area contributed by atoms with E-state index in [0.29, 0.717) is 31.0 Å². The first-order valence-electron chi connectivity index (χ1n) is 7.73. The topological polar surface area (TPSA) is 49.4 Å². The Labute approximate surface area is 146 Å². The van der Waals surface area contributed by atoms with Crippen molar-refractivity contribution >= 4 is 27.3 Å². The summed E-state index contributed by atoms with van der Waals surface area (Å²) in [5.74, 6) is -0.448. The van der Waals surface area contributed by atoms with E-state index in [1.54, 1.807) is 0 Å². The van der Waals surface area contributed by atoms with Crippen molar-refractivity contribution in [2.45, 2.75) is 23.8 Å². The van der Waals surface area contributed by atoms with Crippen molar-refractivity contribution in [1.29, 1.82) is 0 Å². The Balaban J connectivity index is 1.64. The van der Waals surface area contributed by atoms with Gasteiger partial charge in [0, 0.05) is 19.1 Å². The van der Waals surface area contributed by atoms with Gasteiger partial charge in [0.2, 0.25) is 10.0 Å². The lowest BCUT2D eigenvalue weighted by molar-refractivity contribution is 0.329. The zero-order valence-corrected chi connectivity index (χ0v) is 14.5. The minimum Gasteiger partial charge on any atom is -0.381 e. The highest BCUT2D eigenvalue weighted by molar-refractivity contribution is 7.89. The van der Waals surface area contributed by atoms with E-state index < -0.39 is 15.8 Å². The standard InChI is InChI=1S/C17H18ClFN2O2S/c18-16-3-1-2-4-17(16)20-14-9-11-21(12-10-14)24(22,23)15-7-5-13(19)6-8-15/h1-8,14,20H,9-12H2. The summed E-state index contributed by atoms with van der Waals surface area (Å²) in [5.41, 5.74) is 0.860. The number of sulfonamides is 1. The van der Waals surface area contributed by atoms with Gasteiger partial charge in [-0.25, -0.2) is 12.8 Å². The summed E-state index contributed by atoms with van der Waals surface area (Å²) in [6, 6.07) is 12.6. The van der Waals surface area contributed by atoms with E-state index in [2.05, 4.69) is 5.32 Å². The Kier molecular flexibility index (Phi) is 5.08. The lowest BCUT2D eigenvalue weighted by Crippen LogP contribution is -2.42. The van der Waals surface area contributed by atoms with Gasteiger partial charge in [0.05, 0.1) is 15.6 Å². The molecular weight excluding hydrogens is 351 g/mol. The second-order valence-corrected chi connectivity index (χ2v) is 8.10. The molecular formula is C17H18ClFN2O2S. The van der Waals surface area contributed by atoms with Crippen molar-refractivity contribution in [2.24, 2.45) is 0 Å². The van der Waals surface area contributed by atoms with Crippen molar-refractivity contribution in [3.63, 3.8) is 0 Å². The van der Waals surface area contributed by atoms with Gasteiger partial charge < -0.3 is 5.32 Å². The molecule has 0 saturated carbocycles. The second kappa shape index (κ2) is 7.09. The maximum absolute atomic E-state index is 13.0. The smallest absolute Gasteiger partial charge is 0.243 e. The average molecular weight is 369 g/mol. The van der Waals surface area contributed by atoms with E-state index in [1.165, 1.54) is 28.6 Å². The Hall–Kier alpha value is -1.63. The van der Waals surface area contributed by atoms with Crippen LogP contribution in [0.4, 0.5) is 10.1 Å². The molecule has 1 heterocycles. The number of halogens is 2. The molecule has 1 aliphatic rings. The number of piperidine rings is 1. The summed E-state index contributed by atoms with van der Waals surface area (Å²) in [7, 11) is -3.57. The van der Waals surface area contributed by atoms with Crippen LogP contribution in [0.25, 0.3) is 0 Å². The summed E-state index contributed by atoms with van der Waals surface area (Å²) in [5, 5.41) is 4.02. The molecule has 4 nitrogen and oxygen atoms in total. The summed E-state index contributed by atoms with van der Waals surface area (Å²) < 4.78 is 39.6. The molecule has 128 valence electrons. The lowest BCUT2D eigenvalue weighted by Gasteiger charge is -2.32. The van der Waals surface area contributed by atoms with Crippen LogP contribution >= 0.6 is 11.6 Å². The summed E-state index contributed by atoms with van der Waals surface area (Å²) in [6.07, 6.45) is 1.37. The number of benzene rings is 2. The molecule has 7 heteroatoms. The Bertz CT molecular complexity index is 804. The predicted octanol–water partition coefficient (Wildman–Crippen LogP) is 3.74. The van der Waals surface area contributed by atoms with Crippen LogP contribution in [0, 0.1) is 5.82 Å². The van der Waals surface area contributed by atoms with E-state index in [0.717, 1.165) is 5.69 Å². The highest BCUT2D eigenvalue weighted by Crippen LogP contribution is 2.26. The number of anilines is 1. The van der Waals surface area contributed by atoms with Gasteiger partial charge in [-0.15, -0.1) is 0 Å². The Morgan fingerprint density at radius 3 is 2.29 bits per heavy atom. The number of hydrogen-bond donors (Lipinski definition) is 1. The largest absolute Gasteiger partial charge is 0.381 e. The van der Waals surface area contributed by atoms with Crippen molar-refractivity contribution in [3.05, 3.63) is 59.4 Å². The van der Waals surface area contributed by atoms with Crippen LogP contribution in [0.15, 0.2) is 53.4 Å². The zero-order chi connectivity index (χ0) is 17.2. The third-order valence-electron chi connectivity index (χ3n) is 4.14. The maximum Gasteiger partial charge on any atom is 0.243 e. The van der Waals surface area contributed by atoms with Crippen LogP contribution in [0.1, 0.15) is 12.8 Å². The molecule has 0 aromatic heterocycles. The molecule has 2 aromatic carbocycles. The molecule has 0 spiro atoms. The minimum atomic E-state index is -3.57. The first kappa shape index (κ1) is 17.2. The zero-order valence-electron chi connectivity index (χ0n) is 13.0. The van der Waals surface area contributed by atoms with Gasteiger partial charge in [-0.05, 0) is 49.2 Å². The number of rotatable bonds is 4. The normalized spacial score (nSPS) is 16.9. The van der Waals surface area contributed by atoms with E-state index in [4.69, 9.17) is 11.6 Å². The first-order chi connectivity index (χ1) is 11.5. The van der Waals surface area contributed by atoms with Crippen LogP contribution < -0.4 is 5.32 Å². The third kappa shape index (κ3) is 3.71. The monoisotopic (exact) mass is 368 g/mol. The quantitative estimate of drug-likeness (QED) is 0.894. The molecule has 2 aromatic rings. The molecule has 0 amide bonds. The van der Waals surface area contributed by atoms with E-state index >= 15 is 0 Å². The SMILES string of the molecule is O=S(=O)(c1ccc(F)cc1)N1CCC(Nc2ccccc2Cl)CC1. The third-order valence-corrected chi connectivity index (χ3v) is 6.38. The van der Waals surface area contributed by atoms with Gasteiger partial charge in [0.1, 0.15) is 5.82 Å². The minimum absolute atomic E-state index is 0.126. The van der Waals surface area contributed by atoms with E-state index in [9.17, 15) is 12.8 Å². The fourth-order valence-electron chi connectivity index (χ4n) is 2.79. The van der Waals surface area contributed by atoms with Gasteiger partial charge in [-0.1, -0.05) is 23.7 Å². The Morgan fingerprint density at radius 1 is 1.04 bits per heavy atom. The van der Waals surface area contributed by atoms with Gasteiger partial charge in [0.15, 0.2) is 0 Å². The lowest BCUT2D eigenvalue weighted by atomic mass is 10.1. The molecule has 1 N–H and O–H groups in total. The molecule has 3 rings (SSSR count). The number of nitrogens with one attached hydrogen (secondary N) is 1. The molecule has 0 unspecified atom stereocenters. The first-order valence-corrected chi connectivity index (χ1v) is 9.55. The molecule has 0 atom stereocenters. The number of nitrogens with zero attached hydrogens (tertiary/aromatic N) is 1. The number of para-hydroxylation sites is 1. The molecule has 0 radical (unpaired) electrons. The molecule has 1 fully saturated rings. The molecule has 1 saturated heterocycles. The van der Waals surface area contributed by atoms with Crippen LogP contribution in [-0.2, 0) is 10.0 Å². The van der Waals surface area contributed by atoms with Crippen LogP contribution in [0.3, 0.4) is 0 Å². The predicted molar refractivity (Wildman–Crippen MR) is 93.3 cm³/mol. The Morgan fingerprint density at radius 2 is 1.67 bits per heavy atom. The van der Waals surface area contributed by atoms with Gasteiger partial charge >= 0.3 is 0 Å². The summed E-state index contributed by atoms with van der Waals surface area (Å²) >= 11 is 6.14. The second-order valence-electron chi connectivity index (χ2n) is 5.76. The summed E-state index contributed by atoms with van der Waals surface area (Å²) in [4.78, 5) is 0.126. The highest BCUT2D eigenvalue weighted by Gasteiger charge is 2.29. The van der Waals surface area contributed by atoms with Crippen molar-refractivity contribution in [2.75, 3.05) is 18.4 Å². The maximum atomic E-state index is 13.0. The molecule has 0 bridgehead atoms. The van der Waals surface area contributed by atoms with E-state index in [-0.39, 0.29) is 10.9 Å². The molecule has 0 aliphatic carbocycles. The van der Waals surface area contributed by atoms with Crippen molar-refractivity contribution < 1.29 is 12.8 Å². The summed E-state index contributed by atoms with van der Waals surface area (Å²) in [6.45, 7) is 0.837. The molecule has 1 aliphatic heterocycles. The van der Waals surface area contributed by atoms with E-state index in [1.807, 2.05) is 24.3 Å². The fraction of sp³-hybridized carbons (Fsp3) is 0.294.